The summed E-state index contributed by atoms with van der Waals surface area (Å²) in [6.07, 6.45) is 0.949. The van der Waals surface area contributed by atoms with Gasteiger partial charge in [-0.3, -0.25) is 4.79 Å². The van der Waals surface area contributed by atoms with Gasteiger partial charge < -0.3 is 5.32 Å². The van der Waals surface area contributed by atoms with E-state index in [0.29, 0.717) is 11.3 Å². The van der Waals surface area contributed by atoms with Gasteiger partial charge in [0, 0.05) is 17.5 Å². The Balaban J connectivity index is 1.56. The molecule has 0 spiro atoms. The predicted molar refractivity (Wildman–Crippen MR) is 113 cm³/mol. The van der Waals surface area contributed by atoms with Crippen LogP contribution in [0.2, 0.25) is 0 Å². The van der Waals surface area contributed by atoms with Crippen molar-refractivity contribution >= 4 is 27.1 Å². The fourth-order valence-corrected chi connectivity index (χ4v) is 4.85. The smallest absolute Gasteiger partial charge is 0.235 e. The first-order chi connectivity index (χ1) is 13.8. The number of thiazole rings is 1. The lowest BCUT2D eigenvalue weighted by molar-refractivity contribution is -0.118. The van der Waals surface area contributed by atoms with E-state index in [9.17, 15) is 17.6 Å². The molecule has 1 heterocycles. The van der Waals surface area contributed by atoms with Crippen molar-refractivity contribution in [3.8, 4) is 10.6 Å². The molecule has 1 N–H and O–H groups in total. The predicted octanol–water partition coefficient (Wildman–Crippen LogP) is 3.74. The van der Waals surface area contributed by atoms with Gasteiger partial charge >= 0.3 is 0 Å². The summed E-state index contributed by atoms with van der Waals surface area (Å²) in [5, 5.41) is 5.00. The molecule has 0 saturated heterocycles. The maximum absolute atomic E-state index is 12.9. The van der Waals surface area contributed by atoms with Gasteiger partial charge in [-0.25, -0.2) is 17.8 Å². The number of carbonyl (C=O) groups excluding carboxylic acids is 1. The van der Waals surface area contributed by atoms with Gasteiger partial charge in [0.25, 0.3) is 0 Å². The highest BCUT2D eigenvalue weighted by Gasteiger charge is 2.19. The third kappa shape index (κ3) is 6.20. The van der Waals surface area contributed by atoms with Crippen LogP contribution >= 0.6 is 11.3 Å². The van der Waals surface area contributed by atoms with Crippen molar-refractivity contribution in [3.63, 3.8) is 0 Å². The minimum atomic E-state index is -3.65. The highest BCUT2D eigenvalue weighted by molar-refractivity contribution is 7.91. The van der Waals surface area contributed by atoms with Crippen LogP contribution in [0.3, 0.4) is 0 Å². The van der Waals surface area contributed by atoms with Gasteiger partial charge in [0.1, 0.15) is 16.6 Å². The zero-order chi connectivity index (χ0) is 20.9. The maximum atomic E-state index is 12.9. The lowest BCUT2D eigenvalue weighted by Gasteiger charge is -2.06. The number of carbonyl (C=O) groups is 1. The fourth-order valence-electron chi connectivity index (χ4n) is 2.72. The highest BCUT2D eigenvalue weighted by atomic mass is 32.2. The number of hydrogen-bond acceptors (Lipinski definition) is 5. The normalized spacial score (nSPS) is 11.4. The highest BCUT2D eigenvalue weighted by Crippen LogP contribution is 2.25. The van der Waals surface area contributed by atoms with E-state index >= 15 is 0 Å². The molecule has 29 heavy (non-hydrogen) atoms. The molecule has 8 heteroatoms. The Kier molecular flexibility index (Phi) is 6.76. The third-order valence-corrected chi connectivity index (χ3v) is 6.66. The Morgan fingerprint density at radius 3 is 2.38 bits per heavy atom. The summed E-state index contributed by atoms with van der Waals surface area (Å²) >= 11 is 1.38. The molecule has 0 saturated carbocycles. The minimum absolute atomic E-state index is 0.142. The number of nitrogens with one attached hydrogen (secondary N) is 1. The molecule has 3 rings (SSSR count). The van der Waals surface area contributed by atoms with E-state index in [0.717, 1.165) is 17.0 Å². The van der Waals surface area contributed by atoms with Crippen molar-refractivity contribution in [1.82, 2.24) is 10.3 Å². The first-order valence-electron chi connectivity index (χ1n) is 9.10. The van der Waals surface area contributed by atoms with E-state index in [1.807, 2.05) is 24.3 Å². The topological polar surface area (TPSA) is 76.1 Å². The van der Waals surface area contributed by atoms with E-state index < -0.39 is 21.5 Å². The molecule has 1 amide bonds. The number of hydrogen-bond donors (Lipinski definition) is 1. The lowest BCUT2D eigenvalue weighted by Crippen LogP contribution is -2.30. The number of amides is 1. The van der Waals surface area contributed by atoms with Crippen LogP contribution in [0.15, 0.2) is 53.9 Å². The van der Waals surface area contributed by atoms with Gasteiger partial charge in [0.2, 0.25) is 5.91 Å². The van der Waals surface area contributed by atoms with E-state index in [1.54, 1.807) is 5.38 Å². The van der Waals surface area contributed by atoms with E-state index in [1.165, 1.54) is 41.2 Å². The number of sulfone groups is 1. The molecular weight excluding hydrogens is 411 g/mol. The quantitative estimate of drug-likeness (QED) is 0.588. The van der Waals surface area contributed by atoms with Gasteiger partial charge in [0.15, 0.2) is 9.84 Å². The largest absolute Gasteiger partial charge is 0.351 e. The van der Waals surface area contributed by atoms with Gasteiger partial charge in [-0.05, 0) is 29.7 Å². The van der Waals surface area contributed by atoms with Crippen molar-refractivity contribution < 1.29 is 17.6 Å². The Morgan fingerprint density at radius 2 is 1.72 bits per heavy atom. The Hall–Kier alpha value is -2.58. The molecule has 0 bridgehead atoms. The van der Waals surface area contributed by atoms with Crippen LogP contribution in [-0.4, -0.2) is 25.1 Å². The fraction of sp³-hybridized carbons (Fsp3) is 0.238. The number of aromatic nitrogens is 1. The van der Waals surface area contributed by atoms with E-state index in [4.69, 9.17) is 0 Å². The van der Waals surface area contributed by atoms with Crippen molar-refractivity contribution in [1.29, 1.82) is 0 Å². The average molecular weight is 433 g/mol. The summed E-state index contributed by atoms with van der Waals surface area (Å²) in [6, 6.07) is 13.6. The maximum Gasteiger partial charge on any atom is 0.235 e. The van der Waals surface area contributed by atoms with Gasteiger partial charge in [0.05, 0.1) is 11.4 Å². The molecule has 152 valence electrons. The third-order valence-electron chi connectivity index (χ3n) is 4.28. The number of benzene rings is 2. The molecule has 1 aromatic heterocycles. The molecule has 0 radical (unpaired) electrons. The molecule has 0 aliphatic heterocycles. The molecule has 3 aromatic rings. The summed E-state index contributed by atoms with van der Waals surface area (Å²) in [4.78, 5) is 16.4. The van der Waals surface area contributed by atoms with Gasteiger partial charge in [-0.15, -0.1) is 11.3 Å². The van der Waals surface area contributed by atoms with Crippen LogP contribution in [0.5, 0.6) is 0 Å². The van der Waals surface area contributed by atoms with E-state index in [-0.39, 0.29) is 18.1 Å². The van der Waals surface area contributed by atoms with Crippen molar-refractivity contribution in [2.75, 3.05) is 5.75 Å². The lowest BCUT2D eigenvalue weighted by atomic mass is 10.1. The number of rotatable bonds is 8. The van der Waals surface area contributed by atoms with Gasteiger partial charge in [-0.2, -0.15) is 0 Å². The Bertz CT molecular complexity index is 1080. The number of nitrogens with zero attached hydrogens (tertiary/aromatic N) is 1. The van der Waals surface area contributed by atoms with Gasteiger partial charge in [-0.1, -0.05) is 43.3 Å². The molecular formula is C21H21FN2O3S2. The summed E-state index contributed by atoms with van der Waals surface area (Å²) < 4.78 is 37.6. The molecule has 0 aliphatic rings. The zero-order valence-electron chi connectivity index (χ0n) is 15.9. The van der Waals surface area contributed by atoms with Crippen LogP contribution in [0.4, 0.5) is 4.39 Å². The van der Waals surface area contributed by atoms with E-state index in [2.05, 4.69) is 17.2 Å². The van der Waals surface area contributed by atoms with Crippen LogP contribution in [-0.2, 0) is 33.4 Å². The average Bonchev–Trinajstić information content (AvgIpc) is 3.15. The number of aryl methyl sites for hydroxylation is 1. The molecule has 0 fully saturated rings. The zero-order valence-corrected chi connectivity index (χ0v) is 17.5. The molecule has 0 unspecified atom stereocenters. The second kappa shape index (κ2) is 9.28. The first kappa shape index (κ1) is 21.1. The van der Waals surface area contributed by atoms with Crippen LogP contribution in [0.1, 0.15) is 23.7 Å². The summed E-state index contributed by atoms with van der Waals surface area (Å²) in [6.45, 7) is 2.22. The summed E-state index contributed by atoms with van der Waals surface area (Å²) in [5.74, 6) is -1.88. The molecule has 0 aliphatic carbocycles. The first-order valence-corrected chi connectivity index (χ1v) is 11.8. The second-order valence-corrected chi connectivity index (χ2v) is 9.55. The van der Waals surface area contributed by atoms with Crippen LogP contribution in [0, 0.1) is 5.82 Å². The Morgan fingerprint density at radius 1 is 1.07 bits per heavy atom. The van der Waals surface area contributed by atoms with Crippen LogP contribution in [0.25, 0.3) is 10.6 Å². The summed E-state index contributed by atoms with van der Waals surface area (Å²) in [5.41, 5.74) is 3.28. The second-order valence-electron chi connectivity index (χ2n) is 6.63. The SMILES string of the molecule is CCc1ccc(-c2nc(CS(=O)(=O)CC(=O)NCc3ccc(F)cc3)cs2)cc1. The molecule has 5 nitrogen and oxygen atoms in total. The van der Waals surface area contributed by atoms with Crippen molar-refractivity contribution in [2.45, 2.75) is 25.6 Å². The van der Waals surface area contributed by atoms with Crippen molar-refractivity contribution in [2.24, 2.45) is 0 Å². The minimum Gasteiger partial charge on any atom is -0.351 e. The molecule has 0 atom stereocenters. The van der Waals surface area contributed by atoms with Crippen LogP contribution < -0.4 is 5.32 Å². The summed E-state index contributed by atoms with van der Waals surface area (Å²) in [7, 11) is -3.65. The number of halogens is 1. The monoisotopic (exact) mass is 432 g/mol. The Labute approximate surface area is 173 Å². The molecule has 2 aromatic carbocycles. The standard InChI is InChI=1S/C21H21FN2O3S2/c1-2-15-3-7-17(8-4-15)21-24-19(12-28-21)13-29(26,27)14-20(25)23-11-16-5-9-18(22)10-6-16/h3-10,12H,2,11,13-14H2,1H3,(H,23,25). The van der Waals surface area contributed by atoms with Crippen molar-refractivity contribution in [3.05, 3.63) is 76.5 Å².